The van der Waals surface area contributed by atoms with Crippen molar-refractivity contribution in [2.45, 2.75) is 20.0 Å². The van der Waals surface area contributed by atoms with E-state index in [-0.39, 0.29) is 6.10 Å². The van der Waals surface area contributed by atoms with Crippen molar-refractivity contribution in [2.24, 2.45) is 0 Å². The maximum atomic E-state index is 5.93. The van der Waals surface area contributed by atoms with Gasteiger partial charge in [-0.15, -0.1) is 0 Å². The van der Waals surface area contributed by atoms with Crippen LogP contribution in [0.25, 0.3) is 11.6 Å². The molecule has 0 amide bonds. The fourth-order valence-electron chi connectivity index (χ4n) is 1.92. The third-order valence-corrected chi connectivity index (χ3v) is 3.69. The van der Waals surface area contributed by atoms with Gasteiger partial charge in [0.25, 0.3) is 5.89 Å². The highest BCUT2D eigenvalue weighted by atomic mass is 79.9. The molecule has 2 heterocycles. The van der Waals surface area contributed by atoms with E-state index < -0.39 is 0 Å². The van der Waals surface area contributed by atoms with Crippen LogP contribution in [-0.2, 0) is 0 Å². The van der Waals surface area contributed by atoms with Crippen LogP contribution in [0.5, 0.6) is 5.75 Å². The Morgan fingerprint density at radius 3 is 2.77 bits per heavy atom. The second-order valence-electron chi connectivity index (χ2n) is 4.73. The second-order valence-corrected chi connectivity index (χ2v) is 5.95. The molecule has 114 valence electrons. The Bertz CT molecular complexity index is 800. The second kappa shape index (κ2) is 6.14. The van der Waals surface area contributed by atoms with E-state index in [1.54, 1.807) is 18.2 Å². The summed E-state index contributed by atoms with van der Waals surface area (Å²) >= 11 is 9.17. The number of hydrogen-bond donors (Lipinski definition) is 0. The van der Waals surface area contributed by atoms with Crippen molar-refractivity contribution >= 4 is 27.5 Å². The maximum Gasteiger partial charge on any atom is 0.267 e. The van der Waals surface area contributed by atoms with Gasteiger partial charge < -0.3 is 13.7 Å². The SMILES string of the molecule is Cc1cc(Cl)ccc1O[C@@H](C)c1nc(-c2ccc(Br)o2)no1. The lowest BCUT2D eigenvalue weighted by atomic mass is 10.2. The molecule has 1 atom stereocenters. The van der Waals surface area contributed by atoms with Gasteiger partial charge in [-0.3, -0.25) is 0 Å². The van der Waals surface area contributed by atoms with E-state index >= 15 is 0 Å². The quantitative estimate of drug-likeness (QED) is 0.620. The first-order valence-corrected chi connectivity index (χ1v) is 7.72. The van der Waals surface area contributed by atoms with Gasteiger partial charge in [0.05, 0.1) is 0 Å². The van der Waals surface area contributed by atoms with Gasteiger partial charge in [0.15, 0.2) is 16.5 Å². The molecular weight excluding hydrogens is 372 g/mol. The van der Waals surface area contributed by atoms with Crippen molar-refractivity contribution in [2.75, 3.05) is 0 Å². The highest BCUT2D eigenvalue weighted by molar-refractivity contribution is 9.10. The summed E-state index contributed by atoms with van der Waals surface area (Å²) in [6, 6.07) is 8.95. The van der Waals surface area contributed by atoms with Crippen LogP contribution in [0.4, 0.5) is 0 Å². The van der Waals surface area contributed by atoms with Crippen LogP contribution >= 0.6 is 27.5 Å². The Morgan fingerprint density at radius 2 is 2.09 bits per heavy atom. The lowest BCUT2D eigenvalue weighted by Gasteiger charge is -2.13. The first-order valence-electron chi connectivity index (χ1n) is 6.55. The predicted molar refractivity (Wildman–Crippen MR) is 84.9 cm³/mol. The van der Waals surface area contributed by atoms with Crippen LogP contribution < -0.4 is 4.74 Å². The van der Waals surface area contributed by atoms with Crippen LogP contribution in [0, 0.1) is 6.92 Å². The number of furan rings is 1. The average molecular weight is 384 g/mol. The molecule has 0 aliphatic rings. The molecule has 3 rings (SSSR count). The first kappa shape index (κ1) is 15.1. The predicted octanol–water partition coefficient (Wildman–Crippen LogP) is 5.19. The van der Waals surface area contributed by atoms with Gasteiger partial charge in [0.2, 0.25) is 5.82 Å². The van der Waals surface area contributed by atoms with Crippen LogP contribution in [0.2, 0.25) is 5.02 Å². The average Bonchev–Trinajstić information content (AvgIpc) is 3.10. The van der Waals surface area contributed by atoms with Crippen molar-refractivity contribution in [1.82, 2.24) is 10.1 Å². The number of aromatic nitrogens is 2. The van der Waals surface area contributed by atoms with E-state index in [0.29, 0.717) is 27.2 Å². The van der Waals surface area contributed by atoms with Crippen molar-refractivity contribution in [3.05, 3.63) is 51.5 Å². The summed E-state index contributed by atoms with van der Waals surface area (Å²) in [6.07, 6.45) is -0.389. The topological polar surface area (TPSA) is 61.3 Å². The van der Waals surface area contributed by atoms with E-state index in [2.05, 4.69) is 26.1 Å². The molecule has 0 aliphatic carbocycles. The summed E-state index contributed by atoms with van der Waals surface area (Å²) in [5.41, 5.74) is 0.939. The van der Waals surface area contributed by atoms with Crippen molar-refractivity contribution < 1.29 is 13.7 Å². The van der Waals surface area contributed by atoms with Crippen LogP contribution in [-0.4, -0.2) is 10.1 Å². The first-order chi connectivity index (χ1) is 10.5. The summed E-state index contributed by atoms with van der Waals surface area (Å²) in [6.45, 7) is 3.76. The van der Waals surface area contributed by atoms with Gasteiger partial charge in [-0.1, -0.05) is 16.8 Å². The molecule has 0 fully saturated rings. The highest BCUT2D eigenvalue weighted by Crippen LogP contribution is 2.28. The summed E-state index contributed by atoms with van der Waals surface area (Å²) in [5.74, 6) is 2.00. The van der Waals surface area contributed by atoms with Crippen LogP contribution in [0.3, 0.4) is 0 Å². The Labute approximate surface area is 140 Å². The number of hydrogen-bond acceptors (Lipinski definition) is 5. The zero-order chi connectivity index (χ0) is 15.7. The molecule has 3 aromatic rings. The third kappa shape index (κ3) is 3.18. The highest BCUT2D eigenvalue weighted by Gasteiger charge is 2.19. The zero-order valence-corrected chi connectivity index (χ0v) is 14.2. The minimum Gasteiger partial charge on any atom is -0.481 e. The summed E-state index contributed by atoms with van der Waals surface area (Å²) < 4.78 is 17.1. The molecular formula is C15H12BrClN2O3. The van der Waals surface area contributed by atoms with Gasteiger partial charge in [-0.25, -0.2) is 0 Å². The van der Waals surface area contributed by atoms with Gasteiger partial charge in [0, 0.05) is 5.02 Å². The molecule has 0 bridgehead atoms. The molecule has 2 aromatic heterocycles. The molecule has 0 radical (unpaired) electrons. The molecule has 5 nitrogen and oxygen atoms in total. The van der Waals surface area contributed by atoms with Crippen molar-refractivity contribution in [3.63, 3.8) is 0 Å². The molecule has 0 saturated heterocycles. The fourth-order valence-corrected chi connectivity index (χ4v) is 2.45. The van der Waals surface area contributed by atoms with Crippen molar-refractivity contribution in [3.8, 4) is 17.3 Å². The largest absolute Gasteiger partial charge is 0.481 e. The Morgan fingerprint density at radius 1 is 1.27 bits per heavy atom. The summed E-state index contributed by atoms with van der Waals surface area (Å²) in [5, 5.41) is 4.56. The van der Waals surface area contributed by atoms with Gasteiger partial charge in [0.1, 0.15) is 5.75 Å². The van der Waals surface area contributed by atoms with Crippen LogP contribution in [0.1, 0.15) is 24.5 Å². The molecule has 0 unspecified atom stereocenters. The molecule has 0 N–H and O–H groups in total. The molecule has 1 aromatic carbocycles. The van der Waals surface area contributed by atoms with E-state index in [1.165, 1.54) is 0 Å². The molecule has 7 heteroatoms. The Balaban J connectivity index is 1.78. The van der Waals surface area contributed by atoms with Gasteiger partial charge in [-0.2, -0.15) is 4.98 Å². The number of ether oxygens (including phenoxy) is 1. The number of rotatable bonds is 4. The number of nitrogens with zero attached hydrogens (tertiary/aromatic N) is 2. The van der Waals surface area contributed by atoms with Crippen LogP contribution in [0.15, 0.2) is 43.9 Å². The number of halogens is 2. The Kier molecular flexibility index (Phi) is 4.22. The van der Waals surface area contributed by atoms with E-state index in [9.17, 15) is 0 Å². The molecule has 22 heavy (non-hydrogen) atoms. The number of aryl methyl sites for hydroxylation is 1. The third-order valence-electron chi connectivity index (χ3n) is 3.02. The van der Waals surface area contributed by atoms with Crippen molar-refractivity contribution in [1.29, 1.82) is 0 Å². The normalized spacial score (nSPS) is 12.4. The zero-order valence-electron chi connectivity index (χ0n) is 11.8. The summed E-state index contributed by atoms with van der Waals surface area (Å²) in [7, 11) is 0. The lowest BCUT2D eigenvalue weighted by molar-refractivity contribution is 0.175. The van der Waals surface area contributed by atoms with Gasteiger partial charge >= 0.3 is 0 Å². The standard InChI is InChI=1S/C15H12BrClN2O3/c1-8-7-10(17)3-4-11(8)20-9(2)15-18-14(19-22-15)12-5-6-13(16)21-12/h3-7,9H,1-2H3/t9-/m0/s1. The number of benzene rings is 1. The molecule has 0 spiro atoms. The minimum absolute atomic E-state index is 0.372. The minimum atomic E-state index is -0.389. The monoisotopic (exact) mass is 382 g/mol. The van der Waals surface area contributed by atoms with E-state index in [0.717, 1.165) is 11.3 Å². The fraction of sp³-hybridized carbons (Fsp3) is 0.200. The van der Waals surface area contributed by atoms with E-state index in [1.807, 2.05) is 26.0 Å². The smallest absolute Gasteiger partial charge is 0.267 e. The molecule has 0 saturated carbocycles. The summed E-state index contributed by atoms with van der Waals surface area (Å²) in [4.78, 5) is 4.29. The van der Waals surface area contributed by atoms with Gasteiger partial charge in [-0.05, 0) is 65.7 Å². The van der Waals surface area contributed by atoms with E-state index in [4.69, 9.17) is 25.3 Å². The Hall–Kier alpha value is -1.79. The maximum absolute atomic E-state index is 5.93. The molecule has 0 aliphatic heterocycles. The lowest BCUT2D eigenvalue weighted by Crippen LogP contribution is -2.04.